The summed E-state index contributed by atoms with van der Waals surface area (Å²) in [7, 11) is 1.63. The summed E-state index contributed by atoms with van der Waals surface area (Å²) >= 11 is 1.50. The van der Waals surface area contributed by atoms with Crippen LogP contribution in [0.1, 0.15) is 11.3 Å². The van der Waals surface area contributed by atoms with E-state index in [0.29, 0.717) is 6.54 Å². The molecule has 3 aromatic rings. The number of amides is 1. The molecule has 0 aliphatic carbocycles. The second-order valence-electron chi connectivity index (χ2n) is 5.16. The molecule has 0 radical (unpaired) electrons. The molecule has 3 rings (SSSR count). The van der Waals surface area contributed by atoms with E-state index in [1.807, 2.05) is 47.8 Å². The predicted octanol–water partition coefficient (Wildman–Crippen LogP) is 3.07. The Bertz CT molecular complexity index is 801. The van der Waals surface area contributed by atoms with E-state index in [4.69, 9.17) is 4.74 Å². The van der Waals surface area contributed by atoms with Gasteiger partial charge in [0, 0.05) is 18.1 Å². The van der Waals surface area contributed by atoms with Crippen molar-refractivity contribution in [3.63, 3.8) is 0 Å². The molecule has 6 heteroatoms. The smallest absolute Gasteiger partial charge is 0.226 e. The molecule has 0 bridgehead atoms. The van der Waals surface area contributed by atoms with Gasteiger partial charge in [0.25, 0.3) is 0 Å². The first kappa shape index (κ1) is 16.1. The van der Waals surface area contributed by atoms with Crippen LogP contribution in [-0.2, 0) is 17.8 Å². The first-order valence-corrected chi connectivity index (χ1v) is 8.38. The predicted molar refractivity (Wildman–Crippen MR) is 93.9 cm³/mol. The summed E-state index contributed by atoms with van der Waals surface area (Å²) in [6.07, 6.45) is 2.00. The van der Waals surface area contributed by atoms with Crippen molar-refractivity contribution >= 4 is 17.2 Å². The average Bonchev–Trinajstić information content (AvgIpc) is 3.09. The number of nitrogens with zero attached hydrogens (tertiary/aromatic N) is 2. The molecule has 0 saturated heterocycles. The molecule has 122 valence electrons. The van der Waals surface area contributed by atoms with Crippen molar-refractivity contribution < 1.29 is 9.53 Å². The van der Waals surface area contributed by atoms with Crippen LogP contribution in [0.2, 0.25) is 0 Å². The summed E-state index contributed by atoms with van der Waals surface area (Å²) in [6.45, 7) is 0.486. The van der Waals surface area contributed by atoms with Crippen LogP contribution in [-0.4, -0.2) is 23.0 Å². The fraction of sp³-hybridized carbons (Fsp3) is 0.167. The first-order chi connectivity index (χ1) is 11.7. The molecule has 1 aromatic carbocycles. The standard InChI is InChI=1S/C18H17N3O2S/c1-23-15-7-5-13(6-8-15)11-20-17(22)10-14-12-24-18(21-14)16-4-2-3-9-19-16/h2-9,12H,10-11H2,1H3,(H,20,22). The third-order valence-electron chi connectivity index (χ3n) is 3.43. The van der Waals surface area contributed by atoms with E-state index >= 15 is 0 Å². The lowest BCUT2D eigenvalue weighted by Gasteiger charge is -2.05. The van der Waals surface area contributed by atoms with Crippen molar-refractivity contribution in [1.29, 1.82) is 0 Å². The molecule has 0 aliphatic rings. The van der Waals surface area contributed by atoms with E-state index < -0.39 is 0 Å². The second-order valence-corrected chi connectivity index (χ2v) is 6.02. The van der Waals surface area contributed by atoms with Crippen LogP contribution in [0.15, 0.2) is 54.0 Å². The molecule has 2 aromatic heterocycles. The minimum atomic E-state index is -0.0521. The Balaban J connectivity index is 1.54. The van der Waals surface area contributed by atoms with E-state index in [0.717, 1.165) is 27.7 Å². The van der Waals surface area contributed by atoms with E-state index in [9.17, 15) is 4.79 Å². The molecule has 1 N–H and O–H groups in total. The zero-order valence-electron chi connectivity index (χ0n) is 13.2. The van der Waals surface area contributed by atoms with Gasteiger partial charge in [0.2, 0.25) is 5.91 Å². The number of carbonyl (C=O) groups is 1. The molecule has 0 saturated carbocycles. The Labute approximate surface area is 144 Å². The number of nitrogens with one attached hydrogen (secondary N) is 1. The molecule has 24 heavy (non-hydrogen) atoms. The van der Waals surface area contributed by atoms with Gasteiger partial charge in [0.15, 0.2) is 0 Å². The van der Waals surface area contributed by atoms with Gasteiger partial charge >= 0.3 is 0 Å². The van der Waals surface area contributed by atoms with Crippen LogP contribution in [0, 0.1) is 0 Å². The number of rotatable bonds is 6. The Hall–Kier alpha value is -2.73. The van der Waals surface area contributed by atoms with Gasteiger partial charge in [0.05, 0.1) is 24.9 Å². The Morgan fingerprint density at radius 1 is 1.21 bits per heavy atom. The van der Waals surface area contributed by atoms with Crippen molar-refractivity contribution in [2.24, 2.45) is 0 Å². The average molecular weight is 339 g/mol. The topological polar surface area (TPSA) is 64.1 Å². The molecule has 0 aliphatic heterocycles. The number of benzene rings is 1. The second kappa shape index (κ2) is 7.70. The number of hydrogen-bond donors (Lipinski definition) is 1. The Morgan fingerprint density at radius 2 is 2.04 bits per heavy atom. The van der Waals surface area contributed by atoms with E-state index in [1.54, 1.807) is 13.3 Å². The van der Waals surface area contributed by atoms with Gasteiger partial charge in [0.1, 0.15) is 10.8 Å². The molecule has 0 unspecified atom stereocenters. The maximum Gasteiger partial charge on any atom is 0.226 e. The Morgan fingerprint density at radius 3 is 2.75 bits per heavy atom. The zero-order chi connectivity index (χ0) is 16.8. The van der Waals surface area contributed by atoms with Crippen molar-refractivity contribution in [1.82, 2.24) is 15.3 Å². The molecule has 0 spiro atoms. The third kappa shape index (κ3) is 4.17. The van der Waals surface area contributed by atoms with Gasteiger partial charge in [-0.05, 0) is 29.8 Å². The Kier molecular flexibility index (Phi) is 5.18. The van der Waals surface area contributed by atoms with E-state index in [2.05, 4.69) is 15.3 Å². The molecule has 1 amide bonds. The van der Waals surface area contributed by atoms with Crippen molar-refractivity contribution in [2.45, 2.75) is 13.0 Å². The monoisotopic (exact) mass is 339 g/mol. The van der Waals surface area contributed by atoms with Gasteiger partial charge in [-0.2, -0.15) is 0 Å². The highest BCUT2D eigenvalue weighted by atomic mass is 32.1. The number of thiazole rings is 1. The fourth-order valence-electron chi connectivity index (χ4n) is 2.17. The van der Waals surface area contributed by atoms with E-state index in [-0.39, 0.29) is 12.3 Å². The maximum atomic E-state index is 12.1. The van der Waals surface area contributed by atoms with Gasteiger partial charge in [-0.3, -0.25) is 9.78 Å². The summed E-state index contributed by atoms with van der Waals surface area (Å²) in [6, 6.07) is 13.3. The molecule has 2 heterocycles. The highest BCUT2D eigenvalue weighted by Gasteiger charge is 2.09. The number of carbonyl (C=O) groups excluding carboxylic acids is 1. The number of hydrogen-bond acceptors (Lipinski definition) is 5. The minimum Gasteiger partial charge on any atom is -0.497 e. The summed E-state index contributed by atoms with van der Waals surface area (Å²) in [5.74, 6) is 0.748. The van der Waals surface area contributed by atoms with Crippen molar-refractivity contribution in [3.8, 4) is 16.5 Å². The van der Waals surface area contributed by atoms with Gasteiger partial charge < -0.3 is 10.1 Å². The largest absolute Gasteiger partial charge is 0.497 e. The summed E-state index contributed by atoms with van der Waals surface area (Å²) in [5, 5.41) is 5.63. The first-order valence-electron chi connectivity index (χ1n) is 7.50. The normalized spacial score (nSPS) is 10.4. The quantitative estimate of drug-likeness (QED) is 0.750. The lowest BCUT2D eigenvalue weighted by molar-refractivity contribution is -0.120. The minimum absolute atomic E-state index is 0.0521. The zero-order valence-corrected chi connectivity index (χ0v) is 14.0. The molecule has 5 nitrogen and oxygen atoms in total. The van der Waals surface area contributed by atoms with Crippen molar-refractivity contribution in [2.75, 3.05) is 7.11 Å². The highest BCUT2D eigenvalue weighted by molar-refractivity contribution is 7.13. The van der Waals surface area contributed by atoms with Gasteiger partial charge in [-0.15, -0.1) is 11.3 Å². The fourth-order valence-corrected chi connectivity index (χ4v) is 2.96. The third-order valence-corrected chi connectivity index (χ3v) is 4.34. The van der Waals surface area contributed by atoms with Crippen LogP contribution in [0.5, 0.6) is 5.75 Å². The van der Waals surface area contributed by atoms with Crippen LogP contribution >= 0.6 is 11.3 Å². The summed E-state index contributed by atoms with van der Waals surface area (Å²) in [5.41, 5.74) is 2.61. The molecular formula is C18H17N3O2S. The molecular weight excluding hydrogens is 322 g/mol. The number of pyridine rings is 1. The van der Waals surface area contributed by atoms with Gasteiger partial charge in [-0.25, -0.2) is 4.98 Å². The van der Waals surface area contributed by atoms with Crippen LogP contribution in [0.4, 0.5) is 0 Å². The number of ether oxygens (including phenoxy) is 1. The number of aromatic nitrogens is 2. The highest BCUT2D eigenvalue weighted by Crippen LogP contribution is 2.21. The molecule has 0 atom stereocenters. The van der Waals surface area contributed by atoms with Gasteiger partial charge in [-0.1, -0.05) is 18.2 Å². The van der Waals surface area contributed by atoms with Crippen LogP contribution in [0.3, 0.4) is 0 Å². The lowest BCUT2D eigenvalue weighted by Crippen LogP contribution is -2.24. The summed E-state index contributed by atoms with van der Waals surface area (Å²) < 4.78 is 5.11. The van der Waals surface area contributed by atoms with E-state index in [1.165, 1.54) is 11.3 Å². The van der Waals surface area contributed by atoms with Crippen LogP contribution < -0.4 is 10.1 Å². The summed E-state index contributed by atoms with van der Waals surface area (Å²) in [4.78, 5) is 20.8. The van der Waals surface area contributed by atoms with Crippen LogP contribution in [0.25, 0.3) is 10.7 Å². The number of methoxy groups -OCH3 is 1. The maximum absolute atomic E-state index is 12.1. The molecule has 0 fully saturated rings. The van der Waals surface area contributed by atoms with Crippen molar-refractivity contribution in [3.05, 3.63) is 65.3 Å². The lowest BCUT2D eigenvalue weighted by atomic mass is 10.2. The SMILES string of the molecule is COc1ccc(CNC(=O)Cc2csc(-c3ccccn3)n2)cc1.